The fourth-order valence-corrected chi connectivity index (χ4v) is 0.670. The van der Waals surface area contributed by atoms with E-state index in [1.165, 1.54) is 0 Å². The van der Waals surface area contributed by atoms with Crippen LogP contribution in [0.25, 0.3) is 0 Å². The fraction of sp³-hybridized carbons (Fsp3) is 0.571. The molecule has 0 saturated heterocycles. The summed E-state index contributed by atoms with van der Waals surface area (Å²) in [4.78, 5) is 7.76. The summed E-state index contributed by atoms with van der Waals surface area (Å²) in [6.07, 6.45) is 1.70. The van der Waals surface area contributed by atoms with Crippen molar-refractivity contribution < 1.29 is 4.42 Å². The summed E-state index contributed by atoms with van der Waals surface area (Å²) in [5.41, 5.74) is 0. The molecular formula is C7H13N3O. The predicted octanol–water partition coefficient (Wildman–Crippen LogP) is 0.807. The van der Waals surface area contributed by atoms with E-state index in [4.69, 9.17) is 4.42 Å². The van der Waals surface area contributed by atoms with Crippen LogP contribution in [0, 0.1) is 0 Å². The molecule has 62 valence electrons. The molecule has 0 atom stereocenters. The first-order valence-corrected chi connectivity index (χ1v) is 3.41. The molecule has 4 heteroatoms. The van der Waals surface area contributed by atoms with Gasteiger partial charge >= 0.3 is 0 Å². The van der Waals surface area contributed by atoms with Crippen molar-refractivity contribution in [2.45, 2.75) is 0 Å². The van der Waals surface area contributed by atoms with E-state index in [0.29, 0.717) is 6.01 Å². The second-order valence-electron chi connectivity index (χ2n) is 2.77. The quantitative estimate of drug-likeness (QED) is 0.632. The summed E-state index contributed by atoms with van der Waals surface area (Å²) in [7, 11) is 7.62. The molecule has 0 aliphatic rings. The van der Waals surface area contributed by atoms with Gasteiger partial charge in [0.05, 0.1) is 6.20 Å². The summed E-state index contributed by atoms with van der Waals surface area (Å²) in [5, 5.41) is 0. The Morgan fingerprint density at radius 3 is 2.09 bits per heavy atom. The van der Waals surface area contributed by atoms with Gasteiger partial charge in [-0.25, -0.2) is 0 Å². The van der Waals surface area contributed by atoms with Gasteiger partial charge in [0.15, 0.2) is 0 Å². The summed E-state index contributed by atoms with van der Waals surface area (Å²) in [5.74, 6) is 0.772. The Morgan fingerprint density at radius 1 is 1.18 bits per heavy atom. The van der Waals surface area contributed by atoms with E-state index >= 15 is 0 Å². The molecular weight excluding hydrogens is 142 g/mol. The average Bonchev–Trinajstić information content (AvgIpc) is 2.33. The molecule has 1 aromatic rings. The highest BCUT2D eigenvalue weighted by molar-refractivity contribution is 5.36. The van der Waals surface area contributed by atoms with Crippen molar-refractivity contribution in [3.63, 3.8) is 0 Å². The van der Waals surface area contributed by atoms with Gasteiger partial charge in [-0.1, -0.05) is 0 Å². The lowest BCUT2D eigenvalue weighted by Gasteiger charge is -2.07. The van der Waals surface area contributed by atoms with Crippen molar-refractivity contribution in [1.82, 2.24) is 4.98 Å². The molecule has 1 heterocycles. The molecule has 4 nitrogen and oxygen atoms in total. The van der Waals surface area contributed by atoms with Crippen LogP contribution in [0.5, 0.6) is 0 Å². The molecule has 0 N–H and O–H groups in total. The van der Waals surface area contributed by atoms with E-state index in [9.17, 15) is 0 Å². The smallest absolute Gasteiger partial charge is 0.298 e. The number of anilines is 2. The van der Waals surface area contributed by atoms with Crippen molar-refractivity contribution in [2.24, 2.45) is 0 Å². The van der Waals surface area contributed by atoms with Gasteiger partial charge in [0.2, 0.25) is 5.88 Å². The van der Waals surface area contributed by atoms with Gasteiger partial charge < -0.3 is 14.2 Å². The zero-order valence-corrected chi connectivity index (χ0v) is 7.33. The van der Waals surface area contributed by atoms with Gasteiger partial charge in [0, 0.05) is 28.2 Å². The summed E-state index contributed by atoms with van der Waals surface area (Å²) < 4.78 is 5.35. The Labute approximate surface area is 66.4 Å². The third kappa shape index (κ3) is 1.63. The molecule has 0 spiro atoms. The first-order chi connectivity index (χ1) is 5.11. The minimum Gasteiger partial charge on any atom is -0.407 e. The number of nitrogens with zero attached hydrogens (tertiary/aromatic N) is 3. The number of rotatable bonds is 2. The Bertz CT molecular complexity index is 207. The zero-order chi connectivity index (χ0) is 8.43. The number of hydrogen-bond donors (Lipinski definition) is 0. The van der Waals surface area contributed by atoms with Crippen molar-refractivity contribution in [3.05, 3.63) is 6.20 Å². The van der Waals surface area contributed by atoms with E-state index in [1.54, 1.807) is 6.20 Å². The minimum absolute atomic E-state index is 0.633. The van der Waals surface area contributed by atoms with Crippen LogP contribution >= 0.6 is 0 Å². The van der Waals surface area contributed by atoms with Crippen molar-refractivity contribution in [3.8, 4) is 0 Å². The predicted molar refractivity (Wildman–Crippen MR) is 45.2 cm³/mol. The first-order valence-electron chi connectivity index (χ1n) is 3.41. The van der Waals surface area contributed by atoms with Crippen LogP contribution in [0.15, 0.2) is 10.6 Å². The lowest BCUT2D eigenvalue weighted by molar-refractivity contribution is 0.554. The normalized spacial score (nSPS) is 9.82. The molecule has 11 heavy (non-hydrogen) atoms. The fourth-order valence-electron chi connectivity index (χ4n) is 0.670. The SMILES string of the molecule is CN(C)c1cnc(N(C)C)o1. The Morgan fingerprint density at radius 2 is 1.82 bits per heavy atom. The maximum atomic E-state index is 5.35. The highest BCUT2D eigenvalue weighted by Gasteiger charge is 2.05. The third-order valence-electron chi connectivity index (χ3n) is 1.30. The van der Waals surface area contributed by atoms with Crippen molar-refractivity contribution in [1.29, 1.82) is 0 Å². The molecule has 0 aromatic carbocycles. The van der Waals surface area contributed by atoms with Gasteiger partial charge in [0.25, 0.3) is 6.01 Å². The molecule has 0 aliphatic heterocycles. The lowest BCUT2D eigenvalue weighted by atomic mass is 10.7. The molecule has 0 unspecified atom stereocenters. The summed E-state index contributed by atoms with van der Waals surface area (Å²) >= 11 is 0. The molecule has 0 saturated carbocycles. The number of hydrogen-bond acceptors (Lipinski definition) is 4. The van der Waals surface area contributed by atoms with Crippen LogP contribution in [0.1, 0.15) is 0 Å². The monoisotopic (exact) mass is 155 g/mol. The van der Waals surface area contributed by atoms with Crippen molar-refractivity contribution in [2.75, 3.05) is 38.0 Å². The average molecular weight is 155 g/mol. The van der Waals surface area contributed by atoms with Crippen LogP contribution in [0.2, 0.25) is 0 Å². The van der Waals surface area contributed by atoms with Gasteiger partial charge in [-0.3, -0.25) is 0 Å². The van der Waals surface area contributed by atoms with E-state index in [2.05, 4.69) is 4.98 Å². The van der Waals surface area contributed by atoms with Gasteiger partial charge in [-0.05, 0) is 0 Å². The molecule has 1 rings (SSSR count). The molecule has 0 radical (unpaired) electrons. The van der Waals surface area contributed by atoms with Gasteiger partial charge in [-0.15, -0.1) is 0 Å². The third-order valence-corrected chi connectivity index (χ3v) is 1.30. The van der Waals surface area contributed by atoms with Crippen LogP contribution in [0.4, 0.5) is 11.9 Å². The Kier molecular flexibility index (Phi) is 2.03. The second-order valence-corrected chi connectivity index (χ2v) is 2.77. The summed E-state index contributed by atoms with van der Waals surface area (Å²) in [6, 6.07) is 0.633. The molecule has 0 aliphatic carbocycles. The van der Waals surface area contributed by atoms with Gasteiger partial charge in [0.1, 0.15) is 0 Å². The van der Waals surface area contributed by atoms with E-state index < -0.39 is 0 Å². The van der Waals surface area contributed by atoms with E-state index in [1.807, 2.05) is 38.0 Å². The maximum absolute atomic E-state index is 5.35. The molecule has 1 aromatic heterocycles. The maximum Gasteiger partial charge on any atom is 0.298 e. The van der Waals surface area contributed by atoms with Crippen LogP contribution < -0.4 is 9.80 Å². The first kappa shape index (κ1) is 7.91. The highest BCUT2D eigenvalue weighted by Crippen LogP contribution is 2.17. The minimum atomic E-state index is 0.633. The Hall–Kier alpha value is -1.19. The van der Waals surface area contributed by atoms with E-state index in [-0.39, 0.29) is 0 Å². The van der Waals surface area contributed by atoms with Gasteiger partial charge in [-0.2, -0.15) is 4.98 Å². The van der Waals surface area contributed by atoms with Crippen LogP contribution in [-0.4, -0.2) is 33.2 Å². The Balaban J connectivity index is 2.82. The number of aromatic nitrogens is 1. The van der Waals surface area contributed by atoms with E-state index in [0.717, 1.165) is 5.88 Å². The topological polar surface area (TPSA) is 32.5 Å². The number of oxazole rings is 1. The van der Waals surface area contributed by atoms with Crippen LogP contribution in [0.3, 0.4) is 0 Å². The molecule has 0 amide bonds. The highest BCUT2D eigenvalue weighted by atomic mass is 16.4. The molecule has 0 fully saturated rings. The largest absolute Gasteiger partial charge is 0.407 e. The standard InChI is InChI=1S/C7H13N3O/c1-9(2)6-5-8-7(11-6)10(3)4/h5H,1-4H3. The van der Waals surface area contributed by atoms with Crippen LogP contribution in [-0.2, 0) is 0 Å². The summed E-state index contributed by atoms with van der Waals surface area (Å²) in [6.45, 7) is 0. The zero-order valence-electron chi connectivity index (χ0n) is 7.33. The van der Waals surface area contributed by atoms with Crippen molar-refractivity contribution >= 4 is 11.9 Å². The lowest BCUT2D eigenvalue weighted by Crippen LogP contribution is -2.09. The molecule has 0 bridgehead atoms. The second kappa shape index (κ2) is 2.82.